The molecule has 19 heavy (non-hydrogen) atoms. The molecule has 7 heteroatoms. The number of alkyl halides is 3. The van der Waals surface area contributed by atoms with Crippen molar-refractivity contribution < 1.29 is 22.7 Å². The summed E-state index contributed by atoms with van der Waals surface area (Å²) < 4.78 is 41.5. The Bertz CT molecular complexity index is 605. The maximum Gasteiger partial charge on any atom is 0.573 e. The lowest BCUT2D eigenvalue weighted by atomic mass is 10.3. The summed E-state index contributed by atoms with van der Waals surface area (Å²) >= 11 is 0. The van der Waals surface area contributed by atoms with Gasteiger partial charge in [-0.1, -0.05) is 6.07 Å². The van der Waals surface area contributed by atoms with Crippen molar-refractivity contribution in [2.45, 2.75) is 13.3 Å². The second-order valence-electron chi connectivity index (χ2n) is 3.78. The zero-order chi connectivity index (χ0) is 14.0. The van der Waals surface area contributed by atoms with Gasteiger partial charge in [-0.25, -0.2) is 4.68 Å². The maximum absolute atomic E-state index is 12.1. The number of halogens is 3. The molecule has 4 nitrogen and oxygen atoms in total. The summed E-state index contributed by atoms with van der Waals surface area (Å²) in [6.07, 6.45) is -2.67. The van der Waals surface area contributed by atoms with E-state index < -0.39 is 6.36 Å². The lowest BCUT2D eigenvalue weighted by Crippen LogP contribution is -2.17. The fourth-order valence-electron chi connectivity index (χ4n) is 1.54. The molecule has 0 fully saturated rings. The predicted molar refractivity (Wildman–Crippen MR) is 60.4 cm³/mol. The maximum atomic E-state index is 12.1. The van der Waals surface area contributed by atoms with Crippen LogP contribution in [0.3, 0.4) is 0 Å². The van der Waals surface area contributed by atoms with E-state index in [4.69, 9.17) is 0 Å². The highest BCUT2D eigenvalue weighted by Gasteiger charge is 2.31. The Morgan fingerprint density at radius 1 is 1.37 bits per heavy atom. The predicted octanol–water partition coefficient (Wildman–Crippen LogP) is 2.89. The summed E-state index contributed by atoms with van der Waals surface area (Å²) in [5.41, 5.74) is 1.25. The fraction of sp³-hybridized carbons (Fsp3) is 0.167. The topological polar surface area (TPSA) is 44.1 Å². The number of hydrogen-bond donors (Lipinski definition) is 0. The molecule has 0 aliphatic heterocycles. The number of nitrogens with zero attached hydrogens (tertiary/aromatic N) is 2. The molecule has 100 valence electrons. The Morgan fingerprint density at radius 2 is 2.11 bits per heavy atom. The van der Waals surface area contributed by atoms with E-state index in [1.54, 1.807) is 13.0 Å². The lowest BCUT2D eigenvalue weighted by Gasteiger charge is -2.09. The van der Waals surface area contributed by atoms with Gasteiger partial charge in [-0.3, -0.25) is 4.79 Å². The molecule has 1 aromatic carbocycles. The van der Waals surface area contributed by atoms with Crippen LogP contribution in [0.15, 0.2) is 30.5 Å². The highest BCUT2D eigenvalue weighted by Crippen LogP contribution is 2.24. The summed E-state index contributed by atoms with van der Waals surface area (Å²) in [6, 6.07) is 5.35. The van der Waals surface area contributed by atoms with Crippen LogP contribution in [0.2, 0.25) is 0 Å². The first-order chi connectivity index (χ1) is 8.89. The minimum Gasteiger partial charge on any atom is -0.406 e. The van der Waals surface area contributed by atoms with Crippen LogP contribution < -0.4 is 4.74 Å². The van der Waals surface area contributed by atoms with E-state index in [9.17, 15) is 18.0 Å². The number of aldehydes is 1. The summed E-state index contributed by atoms with van der Waals surface area (Å²) in [5, 5.41) is 4.04. The largest absolute Gasteiger partial charge is 0.573 e. The van der Waals surface area contributed by atoms with Crippen molar-refractivity contribution in [3.63, 3.8) is 0 Å². The number of aryl methyl sites for hydroxylation is 1. The second-order valence-corrected chi connectivity index (χ2v) is 3.78. The van der Waals surface area contributed by atoms with Crippen molar-refractivity contribution >= 4 is 6.29 Å². The zero-order valence-electron chi connectivity index (χ0n) is 9.81. The first-order valence-corrected chi connectivity index (χ1v) is 5.27. The summed E-state index contributed by atoms with van der Waals surface area (Å²) in [6.45, 7) is 1.64. The molecule has 0 amide bonds. The Kier molecular flexibility index (Phi) is 3.28. The van der Waals surface area contributed by atoms with Crippen molar-refractivity contribution in [2.24, 2.45) is 0 Å². The van der Waals surface area contributed by atoms with E-state index in [0.29, 0.717) is 23.2 Å². The molecule has 0 bridgehead atoms. The third-order valence-corrected chi connectivity index (χ3v) is 2.38. The molecule has 0 saturated heterocycles. The van der Waals surface area contributed by atoms with Gasteiger partial charge in [0.2, 0.25) is 0 Å². The first kappa shape index (κ1) is 13.1. The number of carbonyl (C=O) groups is 1. The monoisotopic (exact) mass is 270 g/mol. The number of rotatable bonds is 3. The van der Waals surface area contributed by atoms with Crippen LogP contribution in [-0.4, -0.2) is 22.4 Å². The van der Waals surface area contributed by atoms with Gasteiger partial charge in [0.25, 0.3) is 0 Å². The average molecular weight is 270 g/mol. The molecular weight excluding hydrogens is 261 g/mol. The lowest BCUT2D eigenvalue weighted by molar-refractivity contribution is -0.274. The van der Waals surface area contributed by atoms with Crippen molar-refractivity contribution in [1.82, 2.24) is 9.78 Å². The van der Waals surface area contributed by atoms with Crippen molar-refractivity contribution in [2.75, 3.05) is 0 Å². The highest BCUT2D eigenvalue weighted by molar-refractivity contribution is 5.76. The molecule has 0 spiro atoms. The van der Waals surface area contributed by atoms with Crippen LogP contribution in [0.4, 0.5) is 13.2 Å². The summed E-state index contributed by atoms with van der Waals surface area (Å²) in [4.78, 5) is 10.7. The van der Waals surface area contributed by atoms with Gasteiger partial charge in [0.15, 0.2) is 6.29 Å². The third kappa shape index (κ3) is 3.12. The molecule has 0 N–H and O–H groups in total. The molecule has 0 atom stereocenters. The normalized spacial score (nSPS) is 11.4. The number of carbonyl (C=O) groups excluding carboxylic acids is 1. The van der Waals surface area contributed by atoms with Crippen LogP contribution in [0.1, 0.15) is 16.1 Å². The van der Waals surface area contributed by atoms with Crippen molar-refractivity contribution in [1.29, 1.82) is 0 Å². The van der Waals surface area contributed by atoms with Gasteiger partial charge in [0.1, 0.15) is 5.75 Å². The van der Waals surface area contributed by atoms with Gasteiger partial charge >= 0.3 is 6.36 Å². The van der Waals surface area contributed by atoms with E-state index in [2.05, 4.69) is 9.84 Å². The van der Waals surface area contributed by atoms with Crippen molar-refractivity contribution in [3.8, 4) is 11.4 Å². The molecule has 0 aliphatic rings. The van der Waals surface area contributed by atoms with Crippen LogP contribution >= 0.6 is 0 Å². The van der Waals surface area contributed by atoms with Gasteiger partial charge in [-0.05, 0) is 19.1 Å². The molecule has 2 aromatic rings. The number of aromatic nitrogens is 2. The van der Waals surface area contributed by atoms with E-state index in [0.717, 1.165) is 0 Å². The van der Waals surface area contributed by atoms with E-state index in [1.807, 2.05) is 0 Å². The first-order valence-electron chi connectivity index (χ1n) is 5.27. The van der Waals surface area contributed by atoms with Crippen LogP contribution in [0.25, 0.3) is 5.69 Å². The number of hydrogen-bond acceptors (Lipinski definition) is 3. The molecular formula is C12H9F3N2O2. The molecule has 0 aliphatic carbocycles. The minimum absolute atomic E-state index is 0.342. The molecule has 0 saturated carbocycles. The standard InChI is InChI=1S/C12H9F3N2O2/c1-8-9(7-18)6-17(16-8)10-3-2-4-11(5-10)19-12(13,14)15/h2-7H,1H3. The minimum atomic E-state index is -4.74. The third-order valence-electron chi connectivity index (χ3n) is 2.38. The molecule has 2 rings (SSSR count). The quantitative estimate of drug-likeness (QED) is 0.805. The second kappa shape index (κ2) is 4.75. The highest BCUT2D eigenvalue weighted by atomic mass is 19.4. The van der Waals surface area contributed by atoms with Gasteiger partial charge in [-0.15, -0.1) is 13.2 Å². The zero-order valence-corrected chi connectivity index (χ0v) is 9.81. The van der Waals surface area contributed by atoms with Crippen LogP contribution in [0, 0.1) is 6.92 Å². The summed E-state index contributed by atoms with van der Waals surface area (Å²) in [5.74, 6) is -0.342. The Morgan fingerprint density at radius 3 is 2.68 bits per heavy atom. The van der Waals surface area contributed by atoms with Crippen LogP contribution in [0.5, 0.6) is 5.75 Å². The molecule has 0 radical (unpaired) electrons. The number of benzene rings is 1. The SMILES string of the molecule is Cc1nn(-c2cccc(OC(F)(F)F)c2)cc1C=O. The van der Waals surface area contributed by atoms with E-state index in [-0.39, 0.29) is 5.75 Å². The van der Waals surface area contributed by atoms with E-state index in [1.165, 1.54) is 29.1 Å². The van der Waals surface area contributed by atoms with E-state index >= 15 is 0 Å². The Balaban J connectivity index is 2.34. The average Bonchev–Trinajstić information content (AvgIpc) is 2.69. The van der Waals surface area contributed by atoms with Gasteiger partial charge in [0.05, 0.1) is 16.9 Å². The van der Waals surface area contributed by atoms with Crippen LogP contribution in [-0.2, 0) is 0 Å². The van der Waals surface area contributed by atoms with Crippen molar-refractivity contribution in [3.05, 3.63) is 41.7 Å². The fourth-order valence-corrected chi connectivity index (χ4v) is 1.54. The van der Waals surface area contributed by atoms with Gasteiger partial charge in [-0.2, -0.15) is 5.10 Å². The molecule has 1 aromatic heterocycles. The number of ether oxygens (including phenoxy) is 1. The smallest absolute Gasteiger partial charge is 0.406 e. The summed E-state index contributed by atoms with van der Waals surface area (Å²) in [7, 11) is 0. The van der Waals surface area contributed by atoms with Gasteiger partial charge in [0, 0.05) is 12.3 Å². The molecule has 1 heterocycles. The Labute approximate surface area is 106 Å². The molecule has 0 unspecified atom stereocenters. The Hall–Kier alpha value is -2.31. The van der Waals surface area contributed by atoms with Gasteiger partial charge < -0.3 is 4.74 Å².